The van der Waals surface area contributed by atoms with Crippen LogP contribution >= 0.6 is 0 Å². The first kappa shape index (κ1) is 17.2. The first-order valence-electron chi connectivity index (χ1n) is 8.75. The SMILES string of the molecule is C/C=C/CCC1CCC(c2ccc(CCC)c(F)c2F)CC1. The van der Waals surface area contributed by atoms with Crippen LogP contribution in [0.5, 0.6) is 0 Å². The van der Waals surface area contributed by atoms with Gasteiger partial charge in [0, 0.05) is 0 Å². The topological polar surface area (TPSA) is 0 Å². The molecule has 0 N–H and O–H groups in total. The van der Waals surface area contributed by atoms with Crippen molar-refractivity contribution in [3.05, 3.63) is 47.0 Å². The molecule has 0 radical (unpaired) electrons. The van der Waals surface area contributed by atoms with E-state index in [4.69, 9.17) is 0 Å². The highest BCUT2D eigenvalue weighted by Crippen LogP contribution is 2.39. The third-order valence-electron chi connectivity index (χ3n) is 4.98. The van der Waals surface area contributed by atoms with Crippen LogP contribution in [0.25, 0.3) is 0 Å². The van der Waals surface area contributed by atoms with E-state index in [1.165, 1.54) is 6.42 Å². The van der Waals surface area contributed by atoms with Gasteiger partial charge in [0.1, 0.15) is 0 Å². The molecule has 1 fully saturated rings. The fraction of sp³-hybridized carbons (Fsp3) is 0.600. The molecule has 1 aromatic rings. The maximum absolute atomic E-state index is 14.3. The van der Waals surface area contributed by atoms with Gasteiger partial charge in [0.05, 0.1) is 0 Å². The van der Waals surface area contributed by atoms with Crippen molar-refractivity contribution < 1.29 is 8.78 Å². The van der Waals surface area contributed by atoms with Crippen molar-refractivity contribution >= 4 is 0 Å². The van der Waals surface area contributed by atoms with Gasteiger partial charge in [-0.25, -0.2) is 8.78 Å². The number of rotatable bonds is 6. The summed E-state index contributed by atoms with van der Waals surface area (Å²) >= 11 is 0. The van der Waals surface area contributed by atoms with Crippen molar-refractivity contribution in [1.29, 1.82) is 0 Å². The van der Waals surface area contributed by atoms with E-state index in [9.17, 15) is 8.78 Å². The first-order chi connectivity index (χ1) is 10.7. The lowest BCUT2D eigenvalue weighted by molar-refractivity contribution is 0.306. The molecule has 1 aliphatic rings. The third-order valence-corrected chi connectivity index (χ3v) is 4.98. The van der Waals surface area contributed by atoms with Crippen molar-refractivity contribution in [2.75, 3.05) is 0 Å². The van der Waals surface area contributed by atoms with Gasteiger partial charge >= 0.3 is 0 Å². The van der Waals surface area contributed by atoms with Crippen LogP contribution in [0.3, 0.4) is 0 Å². The van der Waals surface area contributed by atoms with Crippen LogP contribution in [0, 0.1) is 17.6 Å². The Balaban J connectivity index is 1.98. The van der Waals surface area contributed by atoms with Crippen LogP contribution in [-0.2, 0) is 6.42 Å². The number of allylic oxidation sites excluding steroid dienone is 2. The van der Waals surface area contributed by atoms with Crippen molar-refractivity contribution in [1.82, 2.24) is 0 Å². The Morgan fingerprint density at radius 3 is 2.45 bits per heavy atom. The molecular formula is C20H28F2. The standard InChI is InChI=1S/C20H28F2/c1-3-5-6-8-15-9-11-16(12-10-15)18-14-13-17(7-4-2)19(21)20(18)22/h3,5,13-16H,4,6-12H2,1-2H3/b5-3+. The highest BCUT2D eigenvalue weighted by Gasteiger charge is 2.25. The van der Waals surface area contributed by atoms with Gasteiger partial charge in [0.2, 0.25) is 0 Å². The van der Waals surface area contributed by atoms with Crippen molar-refractivity contribution in [3.8, 4) is 0 Å². The molecule has 0 aromatic heterocycles. The predicted octanol–water partition coefficient (Wildman–Crippen LogP) is 6.55. The van der Waals surface area contributed by atoms with E-state index in [1.54, 1.807) is 6.07 Å². The molecule has 1 aromatic carbocycles. The van der Waals surface area contributed by atoms with Gasteiger partial charge in [-0.1, -0.05) is 37.6 Å². The predicted molar refractivity (Wildman–Crippen MR) is 89.1 cm³/mol. The van der Waals surface area contributed by atoms with E-state index in [1.807, 2.05) is 13.0 Å². The molecule has 0 saturated heterocycles. The summed E-state index contributed by atoms with van der Waals surface area (Å²) in [6.45, 7) is 4.04. The number of hydrogen-bond acceptors (Lipinski definition) is 0. The normalized spacial score (nSPS) is 22.4. The first-order valence-corrected chi connectivity index (χ1v) is 8.75. The minimum absolute atomic E-state index is 0.197. The lowest BCUT2D eigenvalue weighted by atomic mass is 9.77. The van der Waals surface area contributed by atoms with Crippen molar-refractivity contribution in [3.63, 3.8) is 0 Å². The van der Waals surface area contributed by atoms with Crippen molar-refractivity contribution in [2.45, 2.75) is 71.1 Å². The minimum Gasteiger partial charge on any atom is -0.203 e. The molecule has 0 nitrogen and oxygen atoms in total. The Kier molecular flexibility index (Phi) is 6.60. The lowest BCUT2D eigenvalue weighted by Crippen LogP contribution is -2.15. The molecule has 0 atom stereocenters. The lowest BCUT2D eigenvalue weighted by Gasteiger charge is -2.29. The largest absolute Gasteiger partial charge is 0.203 e. The van der Waals surface area contributed by atoms with Gasteiger partial charge in [-0.3, -0.25) is 0 Å². The maximum Gasteiger partial charge on any atom is 0.162 e. The Morgan fingerprint density at radius 1 is 1.09 bits per heavy atom. The van der Waals surface area contributed by atoms with Crippen LogP contribution in [0.15, 0.2) is 24.3 Å². The molecular weight excluding hydrogens is 278 g/mol. The fourth-order valence-corrected chi connectivity index (χ4v) is 3.64. The van der Waals surface area contributed by atoms with Gasteiger partial charge < -0.3 is 0 Å². The molecule has 0 spiro atoms. The van der Waals surface area contributed by atoms with E-state index in [-0.39, 0.29) is 5.92 Å². The van der Waals surface area contributed by atoms with E-state index in [2.05, 4.69) is 19.1 Å². The summed E-state index contributed by atoms with van der Waals surface area (Å²) in [6, 6.07) is 3.61. The Bertz CT molecular complexity index is 497. The summed E-state index contributed by atoms with van der Waals surface area (Å²) in [5.41, 5.74) is 1.12. The molecule has 22 heavy (non-hydrogen) atoms. The molecule has 2 rings (SSSR count). The van der Waals surface area contributed by atoms with Crippen LogP contribution in [0.4, 0.5) is 8.78 Å². The van der Waals surface area contributed by atoms with Crippen LogP contribution in [0.2, 0.25) is 0 Å². The van der Waals surface area contributed by atoms with Crippen LogP contribution in [-0.4, -0.2) is 0 Å². The average Bonchev–Trinajstić information content (AvgIpc) is 2.53. The molecule has 2 heteroatoms. The summed E-state index contributed by atoms with van der Waals surface area (Å²) < 4.78 is 28.4. The molecule has 122 valence electrons. The third kappa shape index (κ3) is 4.18. The Hall–Kier alpha value is -1.18. The number of benzene rings is 1. The maximum atomic E-state index is 14.3. The monoisotopic (exact) mass is 306 g/mol. The van der Waals surface area contributed by atoms with Gasteiger partial charge in [-0.15, -0.1) is 0 Å². The highest BCUT2D eigenvalue weighted by molar-refractivity contribution is 5.29. The summed E-state index contributed by atoms with van der Waals surface area (Å²) in [6.07, 6.45) is 12.4. The average molecular weight is 306 g/mol. The molecule has 0 heterocycles. The second-order valence-electron chi connectivity index (χ2n) is 6.56. The molecule has 1 aliphatic carbocycles. The molecule has 0 bridgehead atoms. The van der Waals surface area contributed by atoms with Crippen LogP contribution < -0.4 is 0 Å². The summed E-state index contributed by atoms with van der Waals surface area (Å²) in [5, 5.41) is 0. The minimum atomic E-state index is -0.616. The summed E-state index contributed by atoms with van der Waals surface area (Å²) in [5.74, 6) is -0.263. The van der Waals surface area contributed by atoms with Crippen LogP contribution in [0.1, 0.15) is 75.8 Å². The second kappa shape index (κ2) is 8.45. The molecule has 0 amide bonds. The highest BCUT2D eigenvalue weighted by atomic mass is 19.2. The summed E-state index contributed by atoms with van der Waals surface area (Å²) in [4.78, 5) is 0. The Morgan fingerprint density at radius 2 is 1.82 bits per heavy atom. The number of aryl methyl sites for hydroxylation is 1. The zero-order valence-corrected chi connectivity index (χ0v) is 13.9. The number of halogens is 2. The van der Waals surface area contributed by atoms with Gasteiger partial charge in [0.25, 0.3) is 0 Å². The quantitative estimate of drug-likeness (QED) is 0.523. The molecule has 1 saturated carbocycles. The molecule has 0 unspecified atom stereocenters. The zero-order chi connectivity index (χ0) is 15.9. The summed E-state index contributed by atoms with van der Waals surface area (Å²) in [7, 11) is 0. The zero-order valence-electron chi connectivity index (χ0n) is 13.9. The van der Waals surface area contributed by atoms with Crippen molar-refractivity contribution in [2.24, 2.45) is 5.92 Å². The van der Waals surface area contributed by atoms with Gasteiger partial charge in [-0.05, 0) is 74.8 Å². The van der Waals surface area contributed by atoms with E-state index >= 15 is 0 Å². The number of hydrogen-bond donors (Lipinski definition) is 0. The van der Waals surface area contributed by atoms with E-state index < -0.39 is 11.6 Å². The Labute approximate surface area is 133 Å². The fourth-order valence-electron chi connectivity index (χ4n) is 3.64. The van der Waals surface area contributed by atoms with E-state index in [0.29, 0.717) is 17.5 Å². The second-order valence-corrected chi connectivity index (χ2v) is 6.56. The molecule has 0 aliphatic heterocycles. The van der Waals surface area contributed by atoms with E-state index in [0.717, 1.165) is 44.4 Å². The smallest absolute Gasteiger partial charge is 0.162 e. The van der Waals surface area contributed by atoms with Gasteiger partial charge in [-0.2, -0.15) is 0 Å². The van der Waals surface area contributed by atoms with Gasteiger partial charge in [0.15, 0.2) is 11.6 Å².